The number of hydrogen-bond acceptors (Lipinski definition) is 3. The van der Waals surface area contributed by atoms with Crippen LogP contribution in [0.25, 0.3) is 0 Å². The number of hydrogen-bond donors (Lipinski definition) is 0. The van der Waals surface area contributed by atoms with Crippen LogP contribution in [0, 0.1) is 16.7 Å². The van der Waals surface area contributed by atoms with Gasteiger partial charge in [0.15, 0.2) is 5.78 Å². The number of carbonyl (C=O) groups excluding carboxylic acids is 1. The lowest BCUT2D eigenvalue weighted by atomic mass is 9.71. The molecule has 1 fully saturated rings. The van der Waals surface area contributed by atoms with Crippen LogP contribution in [0.1, 0.15) is 37.7 Å². The van der Waals surface area contributed by atoms with Crippen molar-refractivity contribution in [2.24, 2.45) is 12.5 Å². The fourth-order valence-corrected chi connectivity index (χ4v) is 2.49. The first-order valence-corrected chi connectivity index (χ1v) is 6.08. The van der Waals surface area contributed by atoms with Gasteiger partial charge in [-0.25, -0.2) is 0 Å². The molecule has 0 amide bonds. The molecule has 0 aromatic carbocycles. The number of carbonyl (C=O) groups is 1. The molecule has 1 heterocycles. The van der Waals surface area contributed by atoms with E-state index in [0.717, 1.165) is 31.2 Å². The summed E-state index contributed by atoms with van der Waals surface area (Å²) in [6, 6.07) is 2.27. The molecule has 0 aliphatic heterocycles. The molecule has 1 atom stereocenters. The zero-order valence-electron chi connectivity index (χ0n) is 10.1. The third-order valence-corrected chi connectivity index (χ3v) is 3.60. The normalized spacial score (nSPS) is 24.6. The first-order chi connectivity index (χ1) is 8.16. The maximum Gasteiger partial charge on any atom is 0.153 e. The Morgan fingerprint density at radius 1 is 1.59 bits per heavy atom. The first kappa shape index (κ1) is 11.8. The number of nitrogens with zero attached hydrogens (tertiary/aromatic N) is 3. The second-order valence-corrected chi connectivity index (χ2v) is 4.85. The number of nitriles is 1. The summed E-state index contributed by atoms with van der Waals surface area (Å²) in [5.41, 5.74) is 0.370. The van der Waals surface area contributed by atoms with Crippen LogP contribution in [0.5, 0.6) is 0 Å². The van der Waals surface area contributed by atoms with Gasteiger partial charge in [0.1, 0.15) is 5.41 Å². The predicted octanol–water partition coefficient (Wildman–Crippen LogP) is 2.01. The summed E-state index contributed by atoms with van der Waals surface area (Å²) in [7, 11) is 1.87. The molecular formula is C13H17N3O. The van der Waals surface area contributed by atoms with Crippen LogP contribution in [0.4, 0.5) is 0 Å². The van der Waals surface area contributed by atoms with Crippen molar-refractivity contribution in [2.75, 3.05) is 0 Å². The standard InChI is InChI=1S/C13H17N3O/c1-16-9-11(8-15-16)5-7-13(10-14)6-3-2-4-12(13)17/h8-9H,2-7H2,1H3. The van der Waals surface area contributed by atoms with Gasteiger partial charge in [0.25, 0.3) is 0 Å². The Kier molecular flexibility index (Phi) is 3.28. The van der Waals surface area contributed by atoms with E-state index in [1.54, 1.807) is 10.9 Å². The third kappa shape index (κ3) is 2.38. The minimum absolute atomic E-state index is 0.134. The van der Waals surface area contributed by atoms with Crippen molar-refractivity contribution in [1.29, 1.82) is 5.26 Å². The van der Waals surface area contributed by atoms with Crippen LogP contribution in [-0.2, 0) is 18.3 Å². The minimum Gasteiger partial charge on any atom is -0.298 e. The summed E-state index contributed by atoms with van der Waals surface area (Å²) in [6.07, 6.45) is 8.36. The molecule has 2 rings (SSSR count). The average molecular weight is 231 g/mol. The molecule has 1 aromatic heterocycles. The van der Waals surface area contributed by atoms with Crippen LogP contribution in [0.2, 0.25) is 0 Å². The van der Waals surface area contributed by atoms with Crippen LogP contribution in [-0.4, -0.2) is 15.6 Å². The quantitative estimate of drug-likeness (QED) is 0.799. The second kappa shape index (κ2) is 4.70. The largest absolute Gasteiger partial charge is 0.298 e. The van der Waals surface area contributed by atoms with E-state index in [-0.39, 0.29) is 5.78 Å². The van der Waals surface area contributed by atoms with E-state index >= 15 is 0 Å². The summed E-state index contributed by atoms with van der Waals surface area (Å²) in [5, 5.41) is 13.4. The predicted molar refractivity (Wildman–Crippen MR) is 63.1 cm³/mol. The Bertz CT molecular complexity index is 457. The molecule has 1 aromatic rings. The first-order valence-electron chi connectivity index (χ1n) is 6.08. The number of ketones is 1. The molecule has 4 nitrogen and oxygen atoms in total. The van der Waals surface area contributed by atoms with Gasteiger partial charge in [-0.2, -0.15) is 10.4 Å². The second-order valence-electron chi connectivity index (χ2n) is 4.85. The Hall–Kier alpha value is -1.63. The van der Waals surface area contributed by atoms with Gasteiger partial charge in [0.2, 0.25) is 0 Å². The fraction of sp³-hybridized carbons (Fsp3) is 0.615. The molecule has 0 bridgehead atoms. The van der Waals surface area contributed by atoms with Gasteiger partial charge in [0.05, 0.1) is 12.3 Å². The van der Waals surface area contributed by atoms with E-state index in [1.165, 1.54) is 0 Å². The maximum absolute atomic E-state index is 11.9. The van der Waals surface area contributed by atoms with Crippen LogP contribution < -0.4 is 0 Å². The van der Waals surface area contributed by atoms with E-state index in [9.17, 15) is 10.1 Å². The summed E-state index contributed by atoms with van der Waals surface area (Å²) in [6.45, 7) is 0. The van der Waals surface area contributed by atoms with Crippen molar-refractivity contribution in [3.05, 3.63) is 18.0 Å². The zero-order valence-corrected chi connectivity index (χ0v) is 10.1. The molecule has 0 radical (unpaired) electrons. The lowest BCUT2D eigenvalue weighted by molar-refractivity contribution is -0.128. The molecule has 1 saturated carbocycles. The molecule has 90 valence electrons. The van der Waals surface area contributed by atoms with Crippen molar-refractivity contribution in [3.63, 3.8) is 0 Å². The molecule has 1 unspecified atom stereocenters. The highest BCUT2D eigenvalue weighted by molar-refractivity contribution is 5.88. The topological polar surface area (TPSA) is 58.7 Å². The SMILES string of the molecule is Cn1cc(CCC2(C#N)CCCCC2=O)cn1. The highest BCUT2D eigenvalue weighted by Gasteiger charge is 2.39. The van der Waals surface area contributed by atoms with Crippen LogP contribution in [0.3, 0.4) is 0 Å². The summed E-state index contributed by atoms with van der Waals surface area (Å²) < 4.78 is 1.75. The van der Waals surface area contributed by atoms with Gasteiger partial charge in [-0.3, -0.25) is 9.48 Å². The lowest BCUT2D eigenvalue weighted by Gasteiger charge is -2.28. The Morgan fingerprint density at radius 2 is 2.41 bits per heavy atom. The molecule has 4 heteroatoms. The molecule has 0 spiro atoms. The Labute approximate surface area is 101 Å². The average Bonchev–Trinajstić information content (AvgIpc) is 2.75. The number of rotatable bonds is 3. The smallest absolute Gasteiger partial charge is 0.153 e. The molecular weight excluding hydrogens is 214 g/mol. The van der Waals surface area contributed by atoms with Gasteiger partial charge in [-0.1, -0.05) is 6.42 Å². The zero-order chi connectivity index (χ0) is 12.3. The monoisotopic (exact) mass is 231 g/mol. The minimum atomic E-state index is -0.728. The molecule has 1 aliphatic rings. The van der Waals surface area contributed by atoms with E-state index < -0.39 is 5.41 Å². The maximum atomic E-state index is 11.9. The van der Waals surface area contributed by atoms with Crippen molar-refractivity contribution < 1.29 is 4.79 Å². The van der Waals surface area contributed by atoms with Crippen LogP contribution >= 0.6 is 0 Å². The van der Waals surface area contributed by atoms with Gasteiger partial charge < -0.3 is 0 Å². The summed E-state index contributed by atoms with van der Waals surface area (Å²) in [4.78, 5) is 11.9. The number of Topliss-reactive ketones (excluding diaryl/α,β-unsaturated/α-hetero) is 1. The lowest BCUT2D eigenvalue weighted by Crippen LogP contribution is -2.33. The van der Waals surface area contributed by atoms with Gasteiger partial charge in [-0.05, 0) is 31.2 Å². The van der Waals surface area contributed by atoms with Gasteiger partial charge >= 0.3 is 0 Å². The van der Waals surface area contributed by atoms with E-state index in [0.29, 0.717) is 12.8 Å². The van der Waals surface area contributed by atoms with Crippen molar-refractivity contribution in [3.8, 4) is 6.07 Å². The van der Waals surface area contributed by atoms with Gasteiger partial charge in [-0.15, -0.1) is 0 Å². The van der Waals surface area contributed by atoms with Crippen molar-refractivity contribution >= 4 is 5.78 Å². The third-order valence-electron chi connectivity index (χ3n) is 3.60. The summed E-state index contributed by atoms with van der Waals surface area (Å²) in [5.74, 6) is 0.134. The fourth-order valence-electron chi connectivity index (χ4n) is 2.49. The molecule has 1 aliphatic carbocycles. The molecule has 0 N–H and O–H groups in total. The van der Waals surface area contributed by atoms with Crippen molar-refractivity contribution in [1.82, 2.24) is 9.78 Å². The van der Waals surface area contributed by atoms with Gasteiger partial charge in [0, 0.05) is 19.7 Å². The Balaban J connectivity index is 2.05. The van der Waals surface area contributed by atoms with E-state index in [2.05, 4.69) is 11.2 Å². The molecule has 0 saturated heterocycles. The highest BCUT2D eigenvalue weighted by Crippen LogP contribution is 2.36. The summed E-state index contributed by atoms with van der Waals surface area (Å²) >= 11 is 0. The highest BCUT2D eigenvalue weighted by atomic mass is 16.1. The van der Waals surface area contributed by atoms with Crippen molar-refractivity contribution in [2.45, 2.75) is 38.5 Å². The van der Waals surface area contributed by atoms with E-state index in [4.69, 9.17) is 0 Å². The van der Waals surface area contributed by atoms with Crippen LogP contribution in [0.15, 0.2) is 12.4 Å². The Morgan fingerprint density at radius 3 is 3.00 bits per heavy atom. The van der Waals surface area contributed by atoms with E-state index in [1.807, 2.05) is 13.2 Å². The number of aryl methyl sites for hydroxylation is 2. The number of aromatic nitrogens is 2. The molecule has 17 heavy (non-hydrogen) atoms.